The number of carbonyl (C=O) groups is 3. The summed E-state index contributed by atoms with van der Waals surface area (Å²) in [5, 5.41) is 10.2. The Morgan fingerprint density at radius 3 is 2.33 bits per heavy atom. The molecule has 4 aliphatic rings. The first-order valence-corrected chi connectivity index (χ1v) is 18.1. The average Bonchev–Trinajstić information content (AvgIpc) is 3.54. The third kappa shape index (κ3) is 7.65. The Morgan fingerprint density at radius 2 is 1.67 bits per heavy atom. The zero-order valence-corrected chi connectivity index (χ0v) is 28.7. The number of likely N-dealkylation sites (tertiary alicyclic amines) is 3. The summed E-state index contributed by atoms with van der Waals surface area (Å²) in [6.45, 7) is 4.45. The van der Waals surface area contributed by atoms with Gasteiger partial charge in [-0.3, -0.25) is 4.79 Å². The number of nitrogens with one attached hydrogen (secondary N) is 3. The van der Waals surface area contributed by atoms with Crippen LogP contribution in [-0.4, -0.2) is 102 Å². The molecule has 5 amide bonds. The van der Waals surface area contributed by atoms with Crippen LogP contribution in [0, 0.1) is 0 Å². The molecule has 1 atom stereocenters. The molecule has 5 heterocycles. The molecule has 3 N–H and O–H groups in total. The summed E-state index contributed by atoms with van der Waals surface area (Å²) in [6.07, 6.45) is 1.57. The molecule has 262 valence electrons. The summed E-state index contributed by atoms with van der Waals surface area (Å²) in [5.74, 6) is -0.311. The Labute approximate surface area is 287 Å². The van der Waals surface area contributed by atoms with Gasteiger partial charge < -0.3 is 35.6 Å². The minimum Gasteiger partial charge on any atom is -0.386 e. The second-order valence-electron chi connectivity index (χ2n) is 13.1. The summed E-state index contributed by atoms with van der Waals surface area (Å²) in [6, 6.07) is 2.99. The molecule has 0 radical (unpaired) electrons. The van der Waals surface area contributed by atoms with Crippen molar-refractivity contribution in [2.24, 2.45) is 0 Å². The smallest absolute Gasteiger partial charge is 0.386 e. The first-order chi connectivity index (χ1) is 23.0. The minimum absolute atomic E-state index is 0.0449. The fourth-order valence-corrected chi connectivity index (χ4v) is 8.72. The molecule has 3 fully saturated rings. The highest BCUT2D eigenvalue weighted by Gasteiger charge is 2.38. The summed E-state index contributed by atoms with van der Waals surface area (Å²) < 4.78 is 42.0. The van der Waals surface area contributed by atoms with Gasteiger partial charge in [-0.15, -0.1) is 11.3 Å². The number of fused-ring (bicyclic) bond motifs is 1. The number of anilines is 2. The maximum Gasteiger partial charge on any atom is 0.418 e. The topological polar surface area (TPSA) is 100 Å². The first-order valence-electron chi connectivity index (χ1n) is 16.8. The number of halogens is 4. The molecule has 1 aromatic carbocycles. The van der Waals surface area contributed by atoms with Crippen molar-refractivity contribution < 1.29 is 27.6 Å². The van der Waals surface area contributed by atoms with E-state index in [1.807, 2.05) is 16.3 Å². The van der Waals surface area contributed by atoms with Gasteiger partial charge in [-0.1, -0.05) is 18.0 Å². The number of benzene rings is 1. The fourth-order valence-electron chi connectivity index (χ4n) is 7.55. The number of carbonyl (C=O) groups excluding carboxylic acids is 3. The zero-order valence-electron chi connectivity index (χ0n) is 27.1. The van der Waals surface area contributed by atoms with Crippen molar-refractivity contribution in [3.05, 3.63) is 44.6 Å². The number of amides is 5. The van der Waals surface area contributed by atoms with E-state index in [0.29, 0.717) is 51.6 Å². The van der Waals surface area contributed by atoms with Crippen LogP contribution in [0.3, 0.4) is 0 Å². The van der Waals surface area contributed by atoms with Crippen LogP contribution >= 0.6 is 22.9 Å². The van der Waals surface area contributed by atoms with Crippen molar-refractivity contribution in [3.63, 3.8) is 0 Å². The van der Waals surface area contributed by atoms with Crippen LogP contribution in [0.25, 0.3) is 0 Å². The van der Waals surface area contributed by atoms with E-state index in [1.165, 1.54) is 32.4 Å². The van der Waals surface area contributed by atoms with Gasteiger partial charge in [0.15, 0.2) is 0 Å². The van der Waals surface area contributed by atoms with E-state index in [4.69, 9.17) is 11.6 Å². The molecule has 0 saturated carbocycles. The normalized spacial score (nSPS) is 20.7. The van der Waals surface area contributed by atoms with Gasteiger partial charge in [0.25, 0.3) is 0 Å². The van der Waals surface area contributed by atoms with Gasteiger partial charge in [0.1, 0.15) is 6.04 Å². The van der Waals surface area contributed by atoms with Crippen molar-refractivity contribution in [2.45, 2.75) is 82.2 Å². The number of nitrogens with zero attached hydrogens (tertiary/aromatic N) is 4. The van der Waals surface area contributed by atoms with Crippen LogP contribution in [0.15, 0.2) is 23.6 Å². The van der Waals surface area contributed by atoms with E-state index in [2.05, 4.69) is 20.9 Å². The van der Waals surface area contributed by atoms with Gasteiger partial charge >= 0.3 is 18.2 Å². The van der Waals surface area contributed by atoms with Crippen LogP contribution in [0.1, 0.15) is 60.9 Å². The number of piperidine rings is 3. The van der Waals surface area contributed by atoms with Crippen molar-refractivity contribution in [1.82, 2.24) is 24.9 Å². The lowest BCUT2D eigenvalue weighted by Gasteiger charge is -2.41. The average molecular weight is 710 g/mol. The molecule has 1 aromatic heterocycles. The SMILES string of the molecule is CNc1c(Cl)cc(C[C@@H](NC(=O)N2CCC(N3Cc4sccc4NC3=O)CC2)C(=O)N2CCC(N3CCCCC3)CC2)cc1C(F)(F)F. The van der Waals surface area contributed by atoms with Crippen molar-refractivity contribution in [3.8, 4) is 0 Å². The quantitative estimate of drug-likeness (QED) is 0.324. The fraction of sp³-hybridized carbons (Fsp3) is 0.606. The number of thiophene rings is 1. The molecule has 15 heteroatoms. The van der Waals surface area contributed by atoms with Crippen LogP contribution in [-0.2, 0) is 23.9 Å². The zero-order chi connectivity index (χ0) is 34.0. The van der Waals surface area contributed by atoms with Crippen LogP contribution in [0.2, 0.25) is 5.02 Å². The molecule has 2 aromatic rings. The standard InChI is InChI=1S/C33H43ClF3N7O3S/c1-38-29-24(33(35,36)37)17-21(18-25(29)34)19-27(30(45)42-12-5-22(6-13-42)41-10-3-2-4-11-41)40-31(46)43-14-7-23(8-15-43)44-20-28-26(9-16-48-28)39-32(44)47/h9,16-18,22-23,27,38H,2-8,10-15,19-20H2,1H3,(H,39,47)(H,40,46)/t27-/m1/s1. The van der Waals surface area contributed by atoms with Gasteiger partial charge in [-0.05, 0) is 80.8 Å². The Hall–Kier alpha value is -3.23. The molecule has 6 rings (SSSR count). The van der Waals surface area contributed by atoms with Crippen molar-refractivity contribution in [1.29, 1.82) is 0 Å². The largest absolute Gasteiger partial charge is 0.418 e. The van der Waals surface area contributed by atoms with Crippen LogP contribution < -0.4 is 16.0 Å². The van der Waals surface area contributed by atoms with E-state index in [-0.39, 0.29) is 40.7 Å². The lowest BCUT2D eigenvalue weighted by Crippen LogP contribution is -2.57. The summed E-state index contributed by atoms with van der Waals surface area (Å²) in [5.41, 5.74) is -0.115. The van der Waals surface area contributed by atoms with E-state index < -0.39 is 23.8 Å². The highest BCUT2D eigenvalue weighted by atomic mass is 35.5. The molecular formula is C33H43ClF3N7O3S. The Bertz CT molecular complexity index is 1490. The molecule has 0 unspecified atom stereocenters. The number of hydrogen-bond acceptors (Lipinski definition) is 6. The highest BCUT2D eigenvalue weighted by molar-refractivity contribution is 7.10. The molecule has 4 aliphatic heterocycles. The van der Waals surface area contributed by atoms with Crippen molar-refractivity contribution >= 4 is 52.3 Å². The molecular weight excluding hydrogens is 667 g/mol. The molecule has 10 nitrogen and oxygen atoms in total. The van der Waals surface area contributed by atoms with E-state index in [1.54, 1.807) is 21.1 Å². The van der Waals surface area contributed by atoms with Gasteiger partial charge in [0.05, 0.1) is 28.5 Å². The molecule has 48 heavy (non-hydrogen) atoms. The number of urea groups is 2. The van der Waals surface area contributed by atoms with Crippen molar-refractivity contribution in [2.75, 3.05) is 56.9 Å². The summed E-state index contributed by atoms with van der Waals surface area (Å²) in [4.78, 5) is 49.2. The maximum atomic E-state index is 14.0. The number of hydrogen-bond donors (Lipinski definition) is 3. The molecule has 0 aliphatic carbocycles. The van der Waals surface area contributed by atoms with E-state index in [9.17, 15) is 27.6 Å². The van der Waals surface area contributed by atoms with Gasteiger partial charge in [-0.2, -0.15) is 13.2 Å². The molecule has 0 bridgehead atoms. The third-order valence-electron chi connectivity index (χ3n) is 10.2. The lowest BCUT2D eigenvalue weighted by atomic mass is 9.97. The Balaban J connectivity index is 1.14. The van der Waals surface area contributed by atoms with E-state index in [0.717, 1.165) is 42.6 Å². The Kier molecular flexibility index (Phi) is 10.6. The summed E-state index contributed by atoms with van der Waals surface area (Å²) in [7, 11) is 1.37. The van der Waals surface area contributed by atoms with E-state index >= 15 is 0 Å². The van der Waals surface area contributed by atoms with Gasteiger partial charge in [0, 0.05) is 56.6 Å². The predicted molar refractivity (Wildman–Crippen MR) is 181 cm³/mol. The third-order valence-corrected chi connectivity index (χ3v) is 11.4. The van der Waals surface area contributed by atoms with Crippen LogP contribution in [0.5, 0.6) is 0 Å². The maximum absolute atomic E-state index is 14.0. The number of rotatable bonds is 7. The Morgan fingerprint density at radius 1 is 1.00 bits per heavy atom. The second-order valence-corrected chi connectivity index (χ2v) is 14.5. The monoisotopic (exact) mass is 709 g/mol. The van der Waals surface area contributed by atoms with Crippen LogP contribution in [0.4, 0.5) is 34.1 Å². The minimum atomic E-state index is -4.67. The highest BCUT2D eigenvalue weighted by Crippen LogP contribution is 2.40. The second kappa shape index (κ2) is 14.7. The predicted octanol–water partition coefficient (Wildman–Crippen LogP) is 6.07. The lowest BCUT2D eigenvalue weighted by molar-refractivity contribution is -0.137. The van der Waals surface area contributed by atoms with Gasteiger partial charge in [0.2, 0.25) is 5.91 Å². The summed E-state index contributed by atoms with van der Waals surface area (Å²) >= 11 is 7.88. The number of alkyl halides is 3. The molecule has 0 spiro atoms. The molecule has 3 saturated heterocycles. The van der Waals surface area contributed by atoms with Gasteiger partial charge in [-0.25, -0.2) is 9.59 Å². The first kappa shape index (κ1) is 34.6.